The Morgan fingerprint density at radius 2 is 1.81 bits per heavy atom. The molecule has 4 heteroatoms. The van der Waals surface area contributed by atoms with Gasteiger partial charge in [-0.3, -0.25) is 4.79 Å². The molecule has 86 valence electrons. The van der Waals surface area contributed by atoms with Gasteiger partial charge in [0.1, 0.15) is 11.6 Å². The van der Waals surface area contributed by atoms with E-state index in [1.165, 1.54) is 6.07 Å². The maximum Gasteiger partial charge on any atom is 0.256 e. The molecule has 1 aromatic carbocycles. The first-order chi connectivity index (χ1) is 7.68. The van der Waals surface area contributed by atoms with Crippen molar-refractivity contribution in [1.82, 2.24) is 4.90 Å². The van der Waals surface area contributed by atoms with E-state index in [1.807, 2.05) is 0 Å². The van der Waals surface area contributed by atoms with E-state index in [9.17, 15) is 13.6 Å². The predicted octanol–water partition coefficient (Wildman–Crippen LogP) is 2.59. The van der Waals surface area contributed by atoms with Crippen molar-refractivity contribution in [2.45, 2.75) is 19.3 Å². The third kappa shape index (κ3) is 2.21. The Hall–Kier alpha value is -1.45. The summed E-state index contributed by atoms with van der Waals surface area (Å²) >= 11 is 0. The summed E-state index contributed by atoms with van der Waals surface area (Å²) in [5.74, 6) is -1.78. The van der Waals surface area contributed by atoms with Crippen molar-refractivity contribution in [3.05, 3.63) is 35.4 Å². The molecule has 0 aromatic heterocycles. The van der Waals surface area contributed by atoms with Crippen molar-refractivity contribution < 1.29 is 13.6 Å². The van der Waals surface area contributed by atoms with E-state index in [-0.39, 0.29) is 11.5 Å². The average molecular weight is 225 g/mol. The SMILES string of the molecule is O=C(c1ccc(F)cc1F)N1CCCCC1. The van der Waals surface area contributed by atoms with Crippen LogP contribution in [-0.2, 0) is 0 Å². The number of carbonyl (C=O) groups excluding carboxylic acids is 1. The first-order valence-electron chi connectivity index (χ1n) is 5.43. The Labute approximate surface area is 92.9 Å². The second kappa shape index (κ2) is 4.60. The second-order valence-electron chi connectivity index (χ2n) is 3.98. The average Bonchev–Trinajstić information content (AvgIpc) is 2.29. The van der Waals surface area contributed by atoms with Crippen LogP contribution in [0.5, 0.6) is 0 Å². The lowest BCUT2D eigenvalue weighted by atomic mass is 10.1. The van der Waals surface area contributed by atoms with Gasteiger partial charge in [0.2, 0.25) is 0 Å². The minimum absolute atomic E-state index is 0.0386. The minimum atomic E-state index is -0.782. The molecule has 1 aliphatic rings. The van der Waals surface area contributed by atoms with E-state index in [1.54, 1.807) is 4.90 Å². The molecule has 0 aliphatic carbocycles. The van der Waals surface area contributed by atoms with Crippen LogP contribution in [0.4, 0.5) is 8.78 Å². The maximum atomic E-state index is 13.4. The summed E-state index contributed by atoms with van der Waals surface area (Å²) in [6.45, 7) is 1.32. The molecule has 1 aromatic rings. The van der Waals surface area contributed by atoms with Gasteiger partial charge in [0.05, 0.1) is 5.56 Å². The van der Waals surface area contributed by atoms with Crippen LogP contribution in [0.25, 0.3) is 0 Å². The Bertz CT molecular complexity index is 400. The summed E-state index contributed by atoms with van der Waals surface area (Å²) in [4.78, 5) is 13.5. The lowest BCUT2D eigenvalue weighted by Crippen LogP contribution is -2.36. The molecule has 0 atom stereocenters. The molecule has 0 spiro atoms. The number of benzene rings is 1. The van der Waals surface area contributed by atoms with E-state index < -0.39 is 11.6 Å². The molecule has 1 amide bonds. The summed E-state index contributed by atoms with van der Waals surface area (Å²) in [6.07, 6.45) is 3.01. The highest BCUT2D eigenvalue weighted by Crippen LogP contribution is 2.16. The highest BCUT2D eigenvalue weighted by Gasteiger charge is 2.20. The zero-order valence-corrected chi connectivity index (χ0v) is 8.88. The monoisotopic (exact) mass is 225 g/mol. The molecule has 0 bridgehead atoms. The van der Waals surface area contributed by atoms with Gasteiger partial charge in [0.25, 0.3) is 5.91 Å². The van der Waals surface area contributed by atoms with Gasteiger partial charge in [-0.05, 0) is 31.4 Å². The molecule has 16 heavy (non-hydrogen) atoms. The summed E-state index contributed by atoms with van der Waals surface area (Å²) < 4.78 is 26.1. The summed E-state index contributed by atoms with van der Waals surface area (Å²) in [6, 6.07) is 3.07. The minimum Gasteiger partial charge on any atom is -0.339 e. The topological polar surface area (TPSA) is 20.3 Å². The number of halogens is 2. The van der Waals surface area contributed by atoms with Crippen molar-refractivity contribution in [2.24, 2.45) is 0 Å². The lowest BCUT2D eigenvalue weighted by Gasteiger charge is -2.26. The molecule has 2 nitrogen and oxygen atoms in total. The first kappa shape index (κ1) is 11.0. The summed E-state index contributed by atoms with van der Waals surface area (Å²) in [5, 5.41) is 0. The van der Waals surface area contributed by atoms with Crippen LogP contribution < -0.4 is 0 Å². The Balaban J connectivity index is 2.19. The van der Waals surface area contributed by atoms with Gasteiger partial charge >= 0.3 is 0 Å². The molecule has 2 rings (SSSR count). The summed E-state index contributed by atoms with van der Waals surface area (Å²) in [5.41, 5.74) is -0.0386. The fraction of sp³-hybridized carbons (Fsp3) is 0.417. The molecule has 0 N–H and O–H groups in total. The predicted molar refractivity (Wildman–Crippen MR) is 56.1 cm³/mol. The van der Waals surface area contributed by atoms with Crippen LogP contribution in [0.1, 0.15) is 29.6 Å². The van der Waals surface area contributed by atoms with Gasteiger partial charge in [0, 0.05) is 19.2 Å². The van der Waals surface area contributed by atoms with Crippen LogP contribution in [0, 0.1) is 11.6 Å². The molecule has 0 radical (unpaired) electrons. The molecule has 1 saturated heterocycles. The third-order valence-corrected chi connectivity index (χ3v) is 2.80. The normalized spacial score (nSPS) is 16.2. The number of nitrogens with zero attached hydrogens (tertiary/aromatic N) is 1. The number of rotatable bonds is 1. The first-order valence-corrected chi connectivity index (χ1v) is 5.43. The van der Waals surface area contributed by atoms with Crippen molar-refractivity contribution in [1.29, 1.82) is 0 Å². The highest BCUT2D eigenvalue weighted by atomic mass is 19.1. The molecular formula is C12H13F2NO. The van der Waals surface area contributed by atoms with Crippen LogP contribution in [0.15, 0.2) is 18.2 Å². The summed E-state index contributed by atoms with van der Waals surface area (Å²) in [7, 11) is 0. The van der Waals surface area contributed by atoms with E-state index in [0.717, 1.165) is 31.4 Å². The van der Waals surface area contributed by atoms with Gasteiger partial charge < -0.3 is 4.90 Å². The van der Waals surface area contributed by atoms with E-state index in [4.69, 9.17) is 0 Å². The quantitative estimate of drug-likeness (QED) is 0.719. The van der Waals surface area contributed by atoms with Crippen LogP contribution in [0.3, 0.4) is 0 Å². The molecule has 1 fully saturated rings. The smallest absolute Gasteiger partial charge is 0.256 e. The third-order valence-electron chi connectivity index (χ3n) is 2.80. The Morgan fingerprint density at radius 3 is 2.44 bits per heavy atom. The van der Waals surface area contributed by atoms with Gasteiger partial charge in [0.15, 0.2) is 0 Å². The molecule has 1 heterocycles. The van der Waals surface area contributed by atoms with Gasteiger partial charge in [-0.1, -0.05) is 0 Å². The second-order valence-corrected chi connectivity index (χ2v) is 3.98. The fourth-order valence-electron chi connectivity index (χ4n) is 1.93. The molecule has 0 unspecified atom stereocenters. The van der Waals surface area contributed by atoms with Crippen molar-refractivity contribution in [3.63, 3.8) is 0 Å². The largest absolute Gasteiger partial charge is 0.339 e. The van der Waals surface area contributed by atoms with Gasteiger partial charge in [-0.15, -0.1) is 0 Å². The van der Waals surface area contributed by atoms with E-state index >= 15 is 0 Å². The van der Waals surface area contributed by atoms with E-state index in [2.05, 4.69) is 0 Å². The van der Waals surface area contributed by atoms with Crippen molar-refractivity contribution in [3.8, 4) is 0 Å². The highest BCUT2D eigenvalue weighted by molar-refractivity contribution is 5.94. The molecule has 0 saturated carbocycles. The van der Waals surface area contributed by atoms with Crippen molar-refractivity contribution >= 4 is 5.91 Å². The van der Waals surface area contributed by atoms with Crippen LogP contribution in [0.2, 0.25) is 0 Å². The maximum absolute atomic E-state index is 13.4. The number of likely N-dealkylation sites (tertiary alicyclic amines) is 1. The Kier molecular flexibility index (Phi) is 3.17. The van der Waals surface area contributed by atoms with Crippen LogP contribution in [-0.4, -0.2) is 23.9 Å². The zero-order chi connectivity index (χ0) is 11.5. The van der Waals surface area contributed by atoms with Crippen LogP contribution >= 0.6 is 0 Å². The number of hydrogen-bond donors (Lipinski definition) is 0. The number of piperidine rings is 1. The molecule has 1 aliphatic heterocycles. The number of carbonyl (C=O) groups is 1. The van der Waals surface area contributed by atoms with Crippen molar-refractivity contribution in [2.75, 3.05) is 13.1 Å². The Morgan fingerprint density at radius 1 is 1.12 bits per heavy atom. The molecular weight excluding hydrogens is 212 g/mol. The van der Waals surface area contributed by atoms with E-state index in [0.29, 0.717) is 13.1 Å². The fourth-order valence-corrected chi connectivity index (χ4v) is 1.93. The zero-order valence-electron chi connectivity index (χ0n) is 8.88. The number of hydrogen-bond acceptors (Lipinski definition) is 1. The van der Waals surface area contributed by atoms with Gasteiger partial charge in [-0.25, -0.2) is 8.78 Å². The lowest BCUT2D eigenvalue weighted by molar-refractivity contribution is 0.0719. The number of amides is 1. The van der Waals surface area contributed by atoms with Gasteiger partial charge in [-0.2, -0.15) is 0 Å². The standard InChI is InChI=1S/C12H13F2NO/c13-9-4-5-10(11(14)8-9)12(16)15-6-2-1-3-7-15/h4-5,8H,1-3,6-7H2.